The van der Waals surface area contributed by atoms with Crippen molar-refractivity contribution in [2.75, 3.05) is 11.9 Å². The number of pyridine rings is 1. The molecular weight excluding hydrogens is 460 g/mol. The SMILES string of the molecule is Cc1sc(C(=O)c2cncnc2N[C@@H]2C[C@@H](C)[C@@H](O)C2)cc1[C@H]1OCCc2cnc(Cl)cc21. The average molecular weight is 485 g/mol. The fourth-order valence-corrected chi connectivity index (χ4v) is 5.88. The molecule has 4 atom stereocenters. The van der Waals surface area contributed by atoms with Crippen LogP contribution in [0.1, 0.15) is 62.7 Å². The topological polar surface area (TPSA) is 97.2 Å². The van der Waals surface area contributed by atoms with Crippen molar-refractivity contribution in [2.45, 2.75) is 51.4 Å². The summed E-state index contributed by atoms with van der Waals surface area (Å²) in [6.45, 7) is 4.62. The summed E-state index contributed by atoms with van der Waals surface area (Å²) in [7, 11) is 0. The molecule has 0 aromatic carbocycles. The largest absolute Gasteiger partial charge is 0.393 e. The fourth-order valence-electron chi connectivity index (χ4n) is 4.71. The molecule has 0 radical (unpaired) electrons. The number of nitrogens with zero attached hydrogens (tertiary/aromatic N) is 3. The number of thiophene rings is 1. The summed E-state index contributed by atoms with van der Waals surface area (Å²) in [6.07, 6.45) is 6.43. The third-order valence-corrected chi connectivity index (χ3v) is 7.80. The van der Waals surface area contributed by atoms with Gasteiger partial charge in [0.1, 0.15) is 23.4 Å². The summed E-state index contributed by atoms with van der Waals surface area (Å²) in [6, 6.07) is 3.83. The first-order valence-electron chi connectivity index (χ1n) is 11.1. The monoisotopic (exact) mass is 484 g/mol. The molecule has 0 amide bonds. The highest BCUT2D eigenvalue weighted by atomic mass is 35.5. The molecule has 1 aliphatic heterocycles. The lowest BCUT2D eigenvalue weighted by atomic mass is 9.94. The van der Waals surface area contributed by atoms with Crippen LogP contribution < -0.4 is 5.32 Å². The number of carbonyl (C=O) groups excluding carboxylic acids is 1. The molecule has 172 valence electrons. The number of anilines is 1. The lowest BCUT2D eigenvalue weighted by Gasteiger charge is -2.26. The van der Waals surface area contributed by atoms with Gasteiger partial charge in [0, 0.05) is 23.3 Å². The van der Waals surface area contributed by atoms with Gasteiger partial charge in [-0.25, -0.2) is 15.0 Å². The molecular formula is C24H25ClN4O3S. The summed E-state index contributed by atoms with van der Waals surface area (Å²) in [4.78, 5) is 27.7. The molecule has 3 aromatic rings. The Morgan fingerprint density at radius 3 is 2.88 bits per heavy atom. The zero-order chi connectivity index (χ0) is 23.1. The van der Waals surface area contributed by atoms with Gasteiger partial charge in [0.05, 0.1) is 23.2 Å². The molecule has 5 rings (SSSR count). The summed E-state index contributed by atoms with van der Waals surface area (Å²) < 4.78 is 6.11. The van der Waals surface area contributed by atoms with Crippen LogP contribution in [0.25, 0.3) is 0 Å². The Labute approximate surface area is 201 Å². The number of aromatic nitrogens is 3. The van der Waals surface area contributed by atoms with Crippen LogP contribution in [-0.2, 0) is 11.2 Å². The van der Waals surface area contributed by atoms with Crippen LogP contribution in [0.2, 0.25) is 5.15 Å². The van der Waals surface area contributed by atoms with Crippen LogP contribution in [0.4, 0.5) is 5.82 Å². The number of aliphatic hydroxyl groups is 1. The first-order chi connectivity index (χ1) is 15.9. The zero-order valence-electron chi connectivity index (χ0n) is 18.4. The maximum Gasteiger partial charge on any atom is 0.208 e. The van der Waals surface area contributed by atoms with Gasteiger partial charge in [-0.3, -0.25) is 4.79 Å². The molecule has 9 heteroatoms. The van der Waals surface area contributed by atoms with Gasteiger partial charge in [-0.2, -0.15) is 0 Å². The highest BCUT2D eigenvalue weighted by Gasteiger charge is 2.32. The molecule has 0 saturated heterocycles. The van der Waals surface area contributed by atoms with E-state index in [0.717, 1.165) is 34.4 Å². The normalized spacial score (nSPS) is 24.5. The maximum atomic E-state index is 13.5. The second-order valence-corrected chi connectivity index (χ2v) is 10.4. The summed E-state index contributed by atoms with van der Waals surface area (Å²) in [5, 5.41) is 13.9. The number of hydrogen-bond acceptors (Lipinski definition) is 8. The van der Waals surface area contributed by atoms with E-state index in [-0.39, 0.29) is 30.0 Å². The Kier molecular flexibility index (Phi) is 6.18. The van der Waals surface area contributed by atoms with Crippen molar-refractivity contribution in [2.24, 2.45) is 5.92 Å². The van der Waals surface area contributed by atoms with Crippen molar-refractivity contribution in [3.63, 3.8) is 0 Å². The van der Waals surface area contributed by atoms with Crippen LogP contribution in [0, 0.1) is 12.8 Å². The van der Waals surface area contributed by atoms with E-state index in [1.54, 1.807) is 12.4 Å². The molecule has 0 spiro atoms. The predicted molar refractivity (Wildman–Crippen MR) is 127 cm³/mol. The predicted octanol–water partition coefficient (Wildman–Crippen LogP) is 4.36. The van der Waals surface area contributed by atoms with Crippen LogP contribution in [-0.4, -0.2) is 44.6 Å². The number of aryl methyl sites for hydroxylation is 1. The van der Waals surface area contributed by atoms with Gasteiger partial charge in [-0.15, -0.1) is 11.3 Å². The van der Waals surface area contributed by atoms with Crippen molar-refractivity contribution in [1.29, 1.82) is 0 Å². The Morgan fingerprint density at radius 1 is 1.24 bits per heavy atom. The maximum absolute atomic E-state index is 13.5. The van der Waals surface area contributed by atoms with Gasteiger partial charge in [0.25, 0.3) is 0 Å². The number of fused-ring (bicyclic) bond motifs is 1. The molecule has 4 heterocycles. The van der Waals surface area contributed by atoms with Crippen LogP contribution >= 0.6 is 22.9 Å². The smallest absolute Gasteiger partial charge is 0.208 e. The van der Waals surface area contributed by atoms with Gasteiger partial charge in [0.2, 0.25) is 5.78 Å². The highest BCUT2D eigenvalue weighted by Crippen LogP contribution is 2.39. The molecule has 2 N–H and O–H groups in total. The van der Waals surface area contributed by atoms with Gasteiger partial charge in [-0.05, 0) is 60.9 Å². The second kappa shape index (κ2) is 9.10. The number of ketones is 1. The molecule has 1 fully saturated rings. The van der Waals surface area contributed by atoms with Crippen LogP contribution in [0.3, 0.4) is 0 Å². The number of rotatable bonds is 5. The Hall–Kier alpha value is -2.39. The van der Waals surface area contributed by atoms with Crippen LogP contribution in [0.15, 0.2) is 30.9 Å². The van der Waals surface area contributed by atoms with Crippen LogP contribution in [0.5, 0.6) is 0 Å². The van der Waals surface area contributed by atoms with Crippen molar-refractivity contribution in [1.82, 2.24) is 15.0 Å². The number of halogens is 1. The minimum atomic E-state index is -0.340. The van der Waals surface area contributed by atoms with E-state index in [0.29, 0.717) is 34.4 Å². The van der Waals surface area contributed by atoms with Gasteiger partial charge < -0.3 is 15.2 Å². The van der Waals surface area contributed by atoms with Crippen molar-refractivity contribution in [3.05, 3.63) is 68.0 Å². The van der Waals surface area contributed by atoms with Gasteiger partial charge in [-0.1, -0.05) is 18.5 Å². The highest BCUT2D eigenvalue weighted by molar-refractivity contribution is 7.14. The second-order valence-electron chi connectivity index (χ2n) is 8.80. The lowest BCUT2D eigenvalue weighted by Crippen LogP contribution is -2.20. The number of nitrogens with one attached hydrogen (secondary N) is 1. The number of aliphatic hydroxyl groups excluding tert-OH is 1. The minimum Gasteiger partial charge on any atom is -0.393 e. The standard InChI is InChI=1S/C24H25ClN4O3S/c1-12-5-15(6-19(12)30)29-24-18(10-26-11-28-24)22(31)20-7-16(13(2)33-20)23-17-8-21(25)27-9-14(17)3-4-32-23/h7-12,15,19,23,30H,3-6H2,1-2H3,(H,26,28,29)/t12-,15-,19+,23-/m1/s1. The Morgan fingerprint density at radius 2 is 2.09 bits per heavy atom. The van der Waals surface area contributed by atoms with Gasteiger partial charge in [0.15, 0.2) is 0 Å². The summed E-state index contributed by atoms with van der Waals surface area (Å²) in [5.41, 5.74) is 3.51. The van der Waals surface area contributed by atoms with E-state index in [2.05, 4.69) is 20.3 Å². The van der Waals surface area contributed by atoms with E-state index in [4.69, 9.17) is 16.3 Å². The average Bonchev–Trinajstić information content (AvgIpc) is 3.34. The van der Waals surface area contributed by atoms with Crippen molar-refractivity contribution in [3.8, 4) is 0 Å². The van der Waals surface area contributed by atoms with E-state index >= 15 is 0 Å². The van der Waals surface area contributed by atoms with E-state index in [1.165, 1.54) is 17.7 Å². The Bertz CT molecular complexity index is 1190. The number of carbonyl (C=O) groups is 1. The molecule has 1 saturated carbocycles. The van der Waals surface area contributed by atoms with E-state index in [9.17, 15) is 9.90 Å². The van der Waals surface area contributed by atoms with E-state index < -0.39 is 0 Å². The van der Waals surface area contributed by atoms with Crippen molar-refractivity contribution >= 4 is 34.5 Å². The third kappa shape index (κ3) is 4.40. The third-order valence-electron chi connectivity index (χ3n) is 6.53. The molecule has 0 unspecified atom stereocenters. The molecule has 33 heavy (non-hydrogen) atoms. The lowest BCUT2D eigenvalue weighted by molar-refractivity contribution is 0.0695. The summed E-state index contributed by atoms with van der Waals surface area (Å²) >= 11 is 7.60. The number of hydrogen-bond donors (Lipinski definition) is 2. The fraction of sp³-hybridized carbons (Fsp3) is 0.417. The molecule has 0 bridgehead atoms. The number of ether oxygens (including phenoxy) is 1. The first kappa shape index (κ1) is 22.4. The molecule has 3 aromatic heterocycles. The zero-order valence-corrected chi connectivity index (χ0v) is 20.0. The van der Waals surface area contributed by atoms with E-state index in [1.807, 2.05) is 26.0 Å². The van der Waals surface area contributed by atoms with Gasteiger partial charge >= 0.3 is 0 Å². The van der Waals surface area contributed by atoms with Crippen molar-refractivity contribution < 1.29 is 14.6 Å². The quantitative estimate of drug-likeness (QED) is 0.410. The minimum absolute atomic E-state index is 0.0718. The molecule has 1 aliphatic carbocycles. The molecule has 2 aliphatic rings. The first-order valence-corrected chi connectivity index (χ1v) is 12.3. The summed E-state index contributed by atoms with van der Waals surface area (Å²) in [5.74, 6) is 0.590. The molecule has 7 nitrogen and oxygen atoms in total. The Balaban J connectivity index is 1.43.